The summed E-state index contributed by atoms with van der Waals surface area (Å²) in [6, 6.07) is 4.95. The van der Waals surface area contributed by atoms with Crippen molar-refractivity contribution in [2.24, 2.45) is 11.8 Å². The fourth-order valence-electron chi connectivity index (χ4n) is 2.99. The number of hydrogen-bond acceptors (Lipinski definition) is 3. The van der Waals surface area contributed by atoms with Crippen molar-refractivity contribution in [1.82, 2.24) is 10.3 Å². The van der Waals surface area contributed by atoms with Crippen LogP contribution in [-0.4, -0.2) is 22.8 Å². The van der Waals surface area contributed by atoms with Crippen LogP contribution in [0.1, 0.15) is 51.6 Å². The summed E-state index contributed by atoms with van der Waals surface area (Å²) in [5, 5.41) is 5.75. The van der Waals surface area contributed by atoms with Gasteiger partial charge in [-0.1, -0.05) is 39.2 Å². The number of aromatic nitrogens is 1. The second-order valence-corrected chi connectivity index (χ2v) is 6.72. The molecule has 2 amide bonds. The van der Waals surface area contributed by atoms with Crippen LogP contribution < -0.4 is 10.6 Å². The van der Waals surface area contributed by atoms with Crippen LogP contribution in [0.25, 0.3) is 0 Å². The molecular formula is C18H27N3O2. The zero-order valence-electron chi connectivity index (χ0n) is 14.3. The highest BCUT2D eigenvalue weighted by Gasteiger charge is 2.28. The average Bonchev–Trinajstić information content (AvgIpc) is 2.52. The molecule has 0 saturated heterocycles. The standard InChI is InChI=1S/C18H27N3O2/c1-12(2)16(21-17(22)14-9-5-4-6-10-14)18(23)20-15-11-7-8-13(3)19-15/h7-8,11-12,14,16H,4-6,9-10H2,1-3H3,(H,21,22)(H,19,20,23)/t16-/m0/s1. The maximum absolute atomic E-state index is 12.5. The van der Waals surface area contributed by atoms with Gasteiger partial charge in [-0.3, -0.25) is 9.59 Å². The Hall–Kier alpha value is -1.91. The summed E-state index contributed by atoms with van der Waals surface area (Å²) in [6.07, 6.45) is 5.26. The van der Waals surface area contributed by atoms with E-state index in [-0.39, 0.29) is 23.7 Å². The van der Waals surface area contributed by atoms with Crippen LogP contribution in [0.3, 0.4) is 0 Å². The molecule has 0 unspecified atom stereocenters. The Morgan fingerprint density at radius 3 is 2.48 bits per heavy atom. The number of carbonyl (C=O) groups excluding carboxylic acids is 2. The maximum atomic E-state index is 12.5. The molecule has 0 spiro atoms. The smallest absolute Gasteiger partial charge is 0.248 e. The molecule has 1 saturated carbocycles. The van der Waals surface area contributed by atoms with Crippen LogP contribution in [0.5, 0.6) is 0 Å². The number of amides is 2. The van der Waals surface area contributed by atoms with Gasteiger partial charge in [0.15, 0.2) is 0 Å². The SMILES string of the molecule is Cc1cccc(NC(=O)[C@@H](NC(=O)C2CCCCC2)C(C)C)n1. The summed E-state index contributed by atoms with van der Waals surface area (Å²) >= 11 is 0. The molecule has 1 aliphatic carbocycles. The summed E-state index contributed by atoms with van der Waals surface area (Å²) in [4.78, 5) is 29.2. The molecule has 1 heterocycles. The van der Waals surface area contributed by atoms with E-state index in [1.54, 1.807) is 6.07 Å². The third kappa shape index (κ3) is 5.05. The number of anilines is 1. The van der Waals surface area contributed by atoms with Gasteiger partial charge in [-0.05, 0) is 37.8 Å². The van der Waals surface area contributed by atoms with Gasteiger partial charge >= 0.3 is 0 Å². The highest BCUT2D eigenvalue weighted by molar-refractivity contribution is 5.97. The number of nitrogens with zero attached hydrogens (tertiary/aromatic N) is 1. The highest BCUT2D eigenvalue weighted by Crippen LogP contribution is 2.24. The Balaban J connectivity index is 1.99. The second-order valence-electron chi connectivity index (χ2n) is 6.72. The Morgan fingerprint density at radius 1 is 1.17 bits per heavy atom. The first kappa shape index (κ1) is 17.4. The largest absolute Gasteiger partial charge is 0.344 e. The molecule has 1 aliphatic rings. The molecule has 5 heteroatoms. The monoisotopic (exact) mass is 317 g/mol. The molecule has 5 nitrogen and oxygen atoms in total. The molecule has 0 radical (unpaired) electrons. The van der Waals surface area contributed by atoms with Gasteiger partial charge in [0, 0.05) is 11.6 Å². The number of aryl methyl sites for hydroxylation is 1. The van der Waals surface area contributed by atoms with Crippen LogP contribution in [0.4, 0.5) is 5.82 Å². The first-order valence-corrected chi connectivity index (χ1v) is 8.52. The van der Waals surface area contributed by atoms with Crippen LogP contribution >= 0.6 is 0 Å². The zero-order chi connectivity index (χ0) is 16.8. The van der Waals surface area contributed by atoms with Gasteiger partial charge in [-0.2, -0.15) is 0 Å². The molecular weight excluding hydrogens is 290 g/mol. The fourth-order valence-corrected chi connectivity index (χ4v) is 2.99. The Labute approximate surface area is 138 Å². The minimum Gasteiger partial charge on any atom is -0.344 e. The lowest BCUT2D eigenvalue weighted by Gasteiger charge is -2.26. The van der Waals surface area contributed by atoms with E-state index in [4.69, 9.17) is 0 Å². The topological polar surface area (TPSA) is 71.1 Å². The maximum Gasteiger partial charge on any atom is 0.248 e. The molecule has 2 rings (SSSR count). The normalized spacial score (nSPS) is 16.9. The van der Waals surface area contributed by atoms with Crippen LogP contribution in [0.15, 0.2) is 18.2 Å². The van der Waals surface area contributed by atoms with E-state index < -0.39 is 6.04 Å². The zero-order valence-corrected chi connectivity index (χ0v) is 14.3. The predicted octanol–water partition coefficient (Wildman–Crippen LogP) is 3.05. The van der Waals surface area contributed by atoms with Crippen molar-refractivity contribution in [3.63, 3.8) is 0 Å². The van der Waals surface area contributed by atoms with Crippen molar-refractivity contribution >= 4 is 17.6 Å². The van der Waals surface area contributed by atoms with E-state index >= 15 is 0 Å². The van der Waals surface area contributed by atoms with Gasteiger partial charge in [0.25, 0.3) is 0 Å². The molecule has 1 atom stereocenters. The number of carbonyl (C=O) groups is 2. The van der Waals surface area contributed by atoms with Crippen LogP contribution in [0, 0.1) is 18.8 Å². The fraction of sp³-hybridized carbons (Fsp3) is 0.611. The minimum absolute atomic E-state index is 0.00996. The molecule has 1 aromatic heterocycles. The van der Waals surface area contributed by atoms with Crippen molar-refractivity contribution < 1.29 is 9.59 Å². The van der Waals surface area contributed by atoms with Crippen molar-refractivity contribution in [2.75, 3.05) is 5.32 Å². The summed E-state index contributed by atoms with van der Waals surface area (Å²) in [5.74, 6) is 0.396. The van der Waals surface area contributed by atoms with Gasteiger partial charge in [0.05, 0.1) is 0 Å². The minimum atomic E-state index is -0.535. The Morgan fingerprint density at radius 2 is 1.87 bits per heavy atom. The first-order chi connectivity index (χ1) is 11.0. The molecule has 23 heavy (non-hydrogen) atoms. The van der Waals surface area contributed by atoms with Crippen LogP contribution in [-0.2, 0) is 9.59 Å². The average molecular weight is 317 g/mol. The first-order valence-electron chi connectivity index (χ1n) is 8.52. The predicted molar refractivity (Wildman–Crippen MR) is 90.9 cm³/mol. The van der Waals surface area contributed by atoms with E-state index in [0.717, 1.165) is 31.4 Å². The van der Waals surface area contributed by atoms with Crippen molar-refractivity contribution in [3.05, 3.63) is 23.9 Å². The van der Waals surface area contributed by atoms with E-state index in [1.807, 2.05) is 32.9 Å². The lowest BCUT2D eigenvalue weighted by atomic mass is 9.88. The second kappa shape index (κ2) is 8.09. The van der Waals surface area contributed by atoms with Gasteiger partial charge in [-0.15, -0.1) is 0 Å². The van der Waals surface area contributed by atoms with Gasteiger partial charge in [0.1, 0.15) is 11.9 Å². The molecule has 126 valence electrons. The van der Waals surface area contributed by atoms with Crippen molar-refractivity contribution in [2.45, 2.75) is 58.9 Å². The van der Waals surface area contributed by atoms with E-state index in [2.05, 4.69) is 15.6 Å². The molecule has 0 aromatic carbocycles. The Kier molecular flexibility index (Phi) is 6.13. The summed E-state index contributed by atoms with van der Waals surface area (Å²) in [7, 11) is 0. The van der Waals surface area contributed by atoms with Crippen molar-refractivity contribution in [3.8, 4) is 0 Å². The highest BCUT2D eigenvalue weighted by atomic mass is 16.2. The lowest BCUT2D eigenvalue weighted by molar-refractivity contribution is -0.130. The summed E-state index contributed by atoms with van der Waals surface area (Å²) < 4.78 is 0. The van der Waals surface area contributed by atoms with E-state index in [9.17, 15) is 9.59 Å². The van der Waals surface area contributed by atoms with E-state index in [1.165, 1.54) is 6.42 Å². The number of nitrogens with one attached hydrogen (secondary N) is 2. The number of pyridine rings is 1. The number of hydrogen-bond donors (Lipinski definition) is 2. The van der Waals surface area contributed by atoms with Crippen LogP contribution in [0.2, 0.25) is 0 Å². The molecule has 2 N–H and O–H groups in total. The summed E-state index contributed by atoms with van der Waals surface area (Å²) in [5.41, 5.74) is 0.843. The quantitative estimate of drug-likeness (QED) is 0.877. The summed E-state index contributed by atoms with van der Waals surface area (Å²) in [6.45, 7) is 5.75. The van der Waals surface area contributed by atoms with Crippen molar-refractivity contribution in [1.29, 1.82) is 0 Å². The molecule has 0 bridgehead atoms. The molecule has 0 aliphatic heterocycles. The van der Waals surface area contributed by atoms with Gasteiger partial charge < -0.3 is 10.6 Å². The van der Waals surface area contributed by atoms with Gasteiger partial charge in [-0.25, -0.2) is 4.98 Å². The lowest BCUT2D eigenvalue weighted by Crippen LogP contribution is -2.49. The van der Waals surface area contributed by atoms with E-state index in [0.29, 0.717) is 5.82 Å². The third-order valence-corrected chi connectivity index (χ3v) is 4.36. The molecule has 1 fully saturated rings. The number of rotatable bonds is 5. The van der Waals surface area contributed by atoms with Gasteiger partial charge in [0.2, 0.25) is 11.8 Å². The Bertz CT molecular complexity index is 551. The molecule has 1 aromatic rings. The third-order valence-electron chi connectivity index (χ3n) is 4.36.